The maximum Gasteiger partial charge on any atom is 0.195 e. The molecule has 1 aromatic carbocycles. The van der Waals surface area contributed by atoms with Crippen LogP contribution >= 0.6 is 11.7 Å². The van der Waals surface area contributed by atoms with Gasteiger partial charge in [0.2, 0.25) is 0 Å². The number of hydrogen-bond acceptors (Lipinski definition) is 6. The van der Waals surface area contributed by atoms with Gasteiger partial charge >= 0.3 is 0 Å². The molecule has 0 unspecified atom stereocenters. The molecule has 6 heteroatoms. The van der Waals surface area contributed by atoms with Crippen molar-refractivity contribution in [3.63, 3.8) is 0 Å². The standard InChI is InChI=1S/C20H23N5S/c1-13-5-4-6-17(14(13)2)22-15(3)16-8-11-25(12-9-16)18-7-10-21-20-19(18)23-26-24-20/h4-7,10,16,22H,3,8-9,11-12H2,1-2H3. The topological polar surface area (TPSA) is 53.9 Å². The summed E-state index contributed by atoms with van der Waals surface area (Å²) in [6.45, 7) is 10.6. The van der Waals surface area contributed by atoms with Gasteiger partial charge in [0.15, 0.2) is 5.65 Å². The molecule has 0 saturated carbocycles. The summed E-state index contributed by atoms with van der Waals surface area (Å²) in [7, 11) is 0. The van der Waals surface area contributed by atoms with Crippen LogP contribution in [-0.4, -0.2) is 26.8 Å². The Balaban J connectivity index is 1.42. The Kier molecular flexibility index (Phi) is 4.59. The predicted molar refractivity (Wildman–Crippen MR) is 109 cm³/mol. The number of aromatic nitrogens is 3. The molecule has 2 aromatic heterocycles. The lowest BCUT2D eigenvalue weighted by molar-refractivity contribution is 0.462. The van der Waals surface area contributed by atoms with Crippen LogP contribution in [0.3, 0.4) is 0 Å². The van der Waals surface area contributed by atoms with E-state index < -0.39 is 0 Å². The molecule has 0 spiro atoms. The highest BCUT2D eigenvalue weighted by molar-refractivity contribution is 7.00. The summed E-state index contributed by atoms with van der Waals surface area (Å²) >= 11 is 1.23. The lowest BCUT2D eigenvalue weighted by Crippen LogP contribution is -2.35. The minimum atomic E-state index is 0.483. The minimum Gasteiger partial charge on any atom is -0.370 e. The molecule has 0 atom stereocenters. The zero-order valence-electron chi connectivity index (χ0n) is 15.2. The summed E-state index contributed by atoms with van der Waals surface area (Å²) in [5.41, 5.74) is 7.70. The Morgan fingerprint density at radius 1 is 1.19 bits per heavy atom. The molecule has 3 heterocycles. The summed E-state index contributed by atoms with van der Waals surface area (Å²) in [5, 5.41) is 3.56. The van der Waals surface area contributed by atoms with Gasteiger partial charge in [-0.3, -0.25) is 0 Å². The maximum atomic E-state index is 4.42. The van der Waals surface area contributed by atoms with Crippen LogP contribution in [-0.2, 0) is 0 Å². The first-order valence-electron chi connectivity index (χ1n) is 8.97. The highest BCUT2D eigenvalue weighted by Gasteiger charge is 2.23. The Bertz CT molecular complexity index is 940. The number of pyridine rings is 1. The SMILES string of the molecule is C=C(Nc1cccc(C)c1C)C1CCN(c2ccnc3nsnc23)CC1. The van der Waals surface area contributed by atoms with E-state index >= 15 is 0 Å². The summed E-state index contributed by atoms with van der Waals surface area (Å²) in [4.78, 5) is 6.68. The normalized spacial score (nSPS) is 15.4. The largest absolute Gasteiger partial charge is 0.370 e. The highest BCUT2D eigenvalue weighted by atomic mass is 32.1. The zero-order chi connectivity index (χ0) is 18.1. The van der Waals surface area contributed by atoms with E-state index in [0.29, 0.717) is 5.92 Å². The number of rotatable bonds is 4. The average Bonchev–Trinajstić information content (AvgIpc) is 3.14. The van der Waals surface area contributed by atoms with Crippen LogP contribution in [0.4, 0.5) is 11.4 Å². The van der Waals surface area contributed by atoms with E-state index in [1.807, 2.05) is 12.3 Å². The van der Waals surface area contributed by atoms with Crippen molar-refractivity contribution in [1.82, 2.24) is 13.7 Å². The van der Waals surface area contributed by atoms with Crippen molar-refractivity contribution in [3.8, 4) is 0 Å². The predicted octanol–water partition coefficient (Wildman–Crippen LogP) is 4.55. The average molecular weight is 366 g/mol. The van der Waals surface area contributed by atoms with Gasteiger partial charge in [0.05, 0.1) is 17.4 Å². The second-order valence-electron chi connectivity index (χ2n) is 6.93. The number of piperidine rings is 1. The Hall–Kier alpha value is -2.47. The van der Waals surface area contributed by atoms with Crippen molar-refractivity contribution in [3.05, 3.63) is 53.9 Å². The first kappa shape index (κ1) is 17.0. The molecule has 134 valence electrons. The van der Waals surface area contributed by atoms with Crippen molar-refractivity contribution in [2.75, 3.05) is 23.3 Å². The van der Waals surface area contributed by atoms with Crippen LogP contribution in [0.5, 0.6) is 0 Å². The molecule has 3 aromatic rings. The van der Waals surface area contributed by atoms with E-state index in [-0.39, 0.29) is 0 Å². The monoisotopic (exact) mass is 365 g/mol. The van der Waals surface area contributed by atoms with Gasteiger partial charge in [-0.15, -0.1) is 0 Å². The van der Waals surface area contributed by atoms with Crippen molar-refractivity contribution >= 4 is 34.3 Å². The third-order valence-electron chi connectivity index (χ3n) is 5.37. The third-order valence-corrected chi connectivity index (χ3v) is 5.89. The molecule has 0 radical (unpaired) electrons. The molecule has 0 amide bonds. The van der Waals surface area contributed by atoms with Crippen LogP contribution in [0.25, 0.3) is 11.2 Å². The zero-order valence-corrected chi connectivity index (χ0v) is 16.0. The molecule has 4 rings (SSSR count). The van der Waals surface area contributed by atoms with E-state index in [1.165, 1.54) is 28.5 Å². The second-order valence-corrected chi connectivity index (χ2v) is 7.45. The van der Waals surface area contributed by atoms with Gasteiger partial charge in [-0.05, 0) is 49.9 Å². The molecule has 0 aliphatic carbocycles. The fourth-order valence-corrected chi connectivity index (χ4v) is 4.08. The number of aryl methyl sites for hydroxylation is 1. The number of benzene rings is 1. The smallest absolute Gasteiger partial charge is 0.195 e. The van der Waals surface area contributed by atoms with Crippen LogP contribution in [0, 0.1) is 19.8 Å². The lowest BCUT2D eigenvalue weighted by atomic mass is 9.93. The molecule has 1 N–H and O–H groups in total. The minimum absolute atomic E-state index is 0.483. The van der Waals surface area contributed by atoms with Crippen LogP contribution in [0.1, 0.15) is 24.0 Å². The van der Waals surface area contributed by atoms with Crippen molar-refractivity contribution in [1.29, 1.82) is 0 Å². The van der Waals surface area contributed by atoms with Gasteiger partial charge in [0.1, 0.15) is 5.52 Å². The fourth-order valence-electron chi connectivity index (χ4n) is 3.57. The quantitative estimate of drug-likeness (QED) is 0.735. The number of nitrogens with one attached hydrogen (secondary N) is 1. The number of anilines is 2. The van der Waals surface area contributed by atoms with Crippen molar-refractivity contribution in [2.45, 2.75) is 26.7 Å². The summed E-state index contributed by atoms with van der Waals surface area (Å²) in [6.07, 6.45) is 3.99. The molecule has 0 bridgehead atoms. The first-order chi connectivity index (χ1) is 12.6. The molecule has 1 aliphatic heterocycles. The first-order valence-corrected chi connectivity index (χ1v) is 9.71. The Morgan fingerprint density at radius 3 is 2.81 bits per heavy atom. The molecule has 1 saturated heterocycles. The van der Waals surface area contributed by atoms with Gasteiger partial charge < -0.3 is 10.2 Å². The lowest BCUT2D eigenvalue weighted by Gasteiger charge is -2.34. The molecular weight excluding hydrogens is 342 g/mol. The van der Waals surface area contributed by atoms with Gasteiger partial charge in [-0.25, -0.2) is 4.98 Å². The molecule has 1 aliphatic rings. The van der Waals surface area contributed by atoms with E-state index in [0.717, 1.165) is 48.5 Å². The van der Waals surface area contributed by atoms with Gasteiger partial charge in [-0.1, -0.05) is 18.7 Å². The Morgan fingerprint density at radius 2 is 2.00 bits per heavy atom. The van der Waals surface area contributed by atoms with Crippen LogP contribution in [0.15, 0.2) is 42.7 Å². The fraction of sp³-hybridized carbons (Fsp3) is 0.350. The summed E-state index contributed by atoms with van der Waals surface area (Å²) in [5.74, 6) is 0.483. The highest BCUT2D eigenvalue weighted by Crippen LogP contribution is 2.31. The number of hydrogen-bond donors (Lipinski definition) is 1. The maximum absolute atomic E-state index is 4.42. The Labute approximate surface area is 158 Å². The molecule has 26 heavy (non-hydrogen) atoms. The van der Waals surface area contributed by atoms with Gasteiger partial charge in [-0.2, -0.15) is 8.75 Å². The van der Waals surface area contributed by atoms with Crippen LogP contribution in [0.2, 0.25) is 0 Å². The van der Waals surface area contributed by atoms with E-state index in [4.69, 9.17) is 0 Å². The van der Waals surface area contributed by atoms with E-state index in [9.17, 15) is 0 Å². The van der Waals surface area contributed by atoms with E-state index in [1.54, 1.807) is 0 Å². The second kappa shape index (κ2) is 7.03. The van der Waals surface area contributed by atoms with Crippen molar-refractivity contribution < 1.29 is 0 Å². The van der Waals surface area contributed by atoms with Gasteiger partial charge in [0, 0.05) is 36.6 Å². The summed E-state index contributed by atoms with van der Waals surface area (Å²) < 4.78 is 8.67. The van der Waals surface area contributed by atoms with Crippen LogP contribution < -0.4 is 10.2 Å². The molecule has 5 nitrogen and oxygen atoms in total. The molecule has 1 fully saturated rings. The van der Waals surface area contributed by atoms with Crippen molar-refractivity contribution in [2.24, 2.45) is 5.92 Å². The third kappa shape index (κ3) is 3.17. The number of nitrogens with zero attached hydrogens (tertiary/aromatic N) is 4. The summed E-state index contributed by atoms with van der Waals surface area (Å²) in [6, 6.07) is 8.42. The number of allylic oxidation sites excluding steroid dienone is 1. The van der Waals surface area contributed by atoms with Gasteiger partial charge in [0.25, 0.3) is 0 Å². The number of fused-ring (bicyclic) bond motifs is 1. The molecular formula is C20H23N5S. The van der Waals surface area contributed by atoms with E-state index in [2.05, 4.69) is 62.6 Å².